The molecule has 9 heteroatoms. The number of carbonyl (C=O) groups is 1. The molecule has 0 fully saturated rings. The normalized spacial score (nSPS) is 11.2. The standard InChI is InChI=1S/C12H17N3O5S/c1-4-13-21(19,20)11-8-9(15(17)18)6-7-10(11)12(16)14(3)5-2/h6-8,13H,4-5H2,1-3H3. The van der Waals surface area contributed by atoms with Crippen LogP contribution in [0.25, 0.3) is 0 Å². The molecule has 1 rings (SSSR count). The molecule has 0 atom stereocenters. The lowest BCUT2D eigenvalue weighted by Gasteiger charge is -2.17. The summed E-state index contributed by atoms with van der Waals surface area (Å²) in [7, 11) is -2.46. The predicted molar refractivity (Wildman–Crippen MR) is 76.6 cm³/mol. The molecule has 0 unspecified atom stereocenters. The Kier molecular flexibility index (Phi) is 5.39. The van der Waals surface area contributed by atoms with Gasteiger partial charge in [0, 0.05) is 32.3 Å². The van der Waals surface area contributed by atoms with E-state index >= 15 is 0 Å². The molecule has 0 aromatic heterocycles. The van der Waals surface area contributed by atoms with Crippen molar-refractivity contribution in [1.82, 2.24) is 9.62 Å². The Morgan fingerprint density at radius 2 is 2.00 bits per heavy atom. The zero-order valence-electron chi connectivity index (χ0n) is 12.0. The van der Waals surface area contributed by atoms with Gasteiger partial charge in [0.25, 0.3) is 11.6 Å². The molecule has 8 nitrogen and oxygen atoms in total. The first-order valence-electron chi connectivity index (χ1n) is 6.28. The molecule has 1 N–H and O–H groups in total. The van der Waals surface area contributed by atoms with Crippen molar-refractivity contribution in [3.05, 3.63) is 33.9 Å². The Morgan fingerprint density at radius 3 is 2.48 bits per heavy atom. The van der Waals surface area contributed by atoms with Gasteiger partial charge in [0.05, 0.1) is 10.5 Å². The van der Waals surface area contributed by atoms with Gasteiger partial charge >= 0.3 is 0 Å². The van der Waals surface area contributed by atoms with Crippen LogP contribution in [0.1, 0.15) is 24.2 Å². The van der Waals surface area contributed by atoms with Crippen LogP contribution in [0, 0.1) is 10.1 Å². The summed E-state index contributed by atoms with van der Waals surface area (Å²) in [6.07, 6.45) is 0. The zero-order valence-corrected chi connectivity index (χ0v) is 12.8. The summed E-state index contributed by atoms with van der Waals surface area (Å²) in [5, 5.41) is 10.8. The number of benzene rings is 1. The van der Waals surface area contributed by atoms with Crippen molar-refractivity contribution in [2.24, 2.45) is 0 Å². The Bertz CT molecular complexity index is 657. The number of nitrogens with one attached hydrogen (secondary N) is 1. The molecule has 21 heavy (non-hydrogen) atoms. The van der Waals surface area contributed by atoms with Crippen LogP contribution in [-0.2, 0) is 10.0 Å². The maximum Gasteiger partial charge on any atom is 0.270 e. The molecule has 0 saturated heterocycles. The summed E-state index contributed by atoms with van der Waals surface area (Å²) >= 11 is 0. The first-order valence-corrected chi connectivity index (χ1v) is 7.76. The van der Waals surface area contributed by atoms with E-state index in [0.717, 1.165) is 18.2 Å². The number of hydrogen-bond acceptors (Lipinski definition) is 5. The Labute approximate surface area is 123 Å². The first kappa shape index (κ1) is 17.1. The number of nitro groups is 1. The van der Waals surface area contributed by atoms with Crippen molar-refractivity contribution in [2.45, 2.75) is 18.7 Å². The van der Waals surface area contributed by atoms with Gasteiger partial charge in [-0.2, -0.15) is 0 Å². The molecule has 1 aromatic rings. The van der Waals surface area contributed by atoms with E-state index in [1.54, 1.807) is 13.8 Å². The fourth-order valence-electron chi connectivity index (χ4n) is 1.64. The summed E-state index contributed by atoms with van der Waals surface area (Å²) < 4.78 is 26.5. The van der Waals surface area contributed by atoms with E-state index in [9.17, 15) is 23.3 Å². The van der Waals surface area contributed by atoms with E-state index in [1.807, 2.05) is 0 Å². The van der Waals surface area contributed by atoms with Crippen molar-refractivity contribution in [2.75, 3.05) is 20.1 Å². The summed E-state index contributed by atoms with van der Waals surface area (Å²) in [6, 6.07) is 3.17. The molecule has 0 heterocycles. The SMILES string of the molecule is CCNS(=O)(=O)c1cc([N+](=O)[O-])ccc1C(=O)N(C)CC. The average molecular weight is 315 g/mol. The summed E-state index contributed by atoms with van der Waals surface area (Å²) in [6.45, 7) is 3.81. The highest BCUT2D eigenvalue weighted by molar-refractivity contribution is 7.89. The average Bonchev–Trinajstić information content (AvgIpc) is 2.44. The molecule has 0 radical (unpaired) electrons. The first-order chi connectivity index (χ1) is 9.74. The van der Waals surface area contributed by atoms with Gasteiger partial charge in [0.15, 0.2) is 0 Å². The van der Waals surface area contributed by atoms with Gasteiger partial charge in [-0.25, -0.2) is 13.1 Å². The minimum atomic E-state index is -3.99. The molecule has 1 amide bonds. The van der Waals surface area contributed by atoms with Gasteiger partial charge in [0.1, 0.15) is 4.90 Å². The van der Waals surface area contributed by atoms with E-state index in [-0.39, 0.29) is 22.7 Å². The van der Waals surface area contributed by atoms with Crippen LogP contribution in [0.4, 0.5) is 5.69 Å². The van der Waals surface area contributed by atoms with Gasteiger partial charge < -0.3 is 4.90 Å². The zero-order chi connectivity index (χ0) is 16.2. The summed E-state index contributed by atoms with van der Waals surface area (Å²) in [5.74, 6) is -0.510. The molecular weight excluding hydrogens is 298 g/mol. The van der Waals surface area contributed by atoms with Crippen LogP contribution in [0.5, 0.6) is 0 Å². The fourth-order valence-corrected chi connectivity index (χ4v) is 2.90. The lowest BCUT2D eigenvalue weighted by atomic mass is 10.2. The minimum Gasteiger partial charge on any atom is -0.342 e. The van der Waals surface area contributed by atoms with Crippen LogP contribution in [0.15, 0.2) is 23.1 Å². The monoisotopic (exact) mass is 315 g/mol. The van der Waals surface area contributed by atoms with Crippen molar-refractivity contribution in [3.63, 3.8) is 0 Å². The number of amides is 1. The van der Waals surface area contributed by atoms with Crippen molar-refractivity contribution >= 4 is 21.6 Å². The van der Waals surface area contributed by atoms with E-state index in [1.165, 1.54) is 11.9 Å². The third-order valence-electron chi connectivity index (χ3n) is 2.85. The maximum absolute atomic E-state index is 12.2. The predicted octanol–water partition coefficient (Wildman–Crippen LogP) is 0.985. The molecule has 0 aliphatic heterocycles. The van der Waals surface area contributed by atoms with Crippen LogP contribution >= 0.6 is 0 Å². The second kappa shape index (κ2) is 6.64. The summed E-state index contributed by atoms with van der Waals surface area (Å²) in [5.41, 5.74) is -0.479. The number of non-ortho nitro benzene ring substituents is 1. The van der Waals surface area contributed by atoms with Gasteiger partial charge in [-0.15, -0.1) is 0 Å². The number of sulfonamides is 1. The van der Waals surface area contributed by atoms with Crippen LogP contribution < -0.4 is 4.72 Å². The van der Waals surface area contributed by atoms with Gasteiger partial charge in [-0.05, 0) is 13.0 Å². The smallest absolute Gasteiger partial charge is 0.270 e. The Balaban J connectivity index is 3.51. The van der Waals surface area contributed by atoms with E-state index in [4.69, 9.17) is 0 Å². The van der Waals surface area contributed by atoms with Crippen LogP contribution in [0.3, 0.4) is 0 Å². The van der Waals surface area contributed by atoms with E-state index < -0.39 is 20.9 Å². The van der Waals surface area contributed by atoms with E-state index in [0.29, 0.717) is 6.54 Å². The third kappa shape index (κ3) is 3.76. The second-order valence-electron chi connectivity index (χ2n) is 4.26. The highest BCUT2D eigenvalue weighted by Crippen LogP contribution is 2.23. The van der Waals surface area contributed by atoms with Crippen LogP contribution in [0.2, 0.25) is 0 Å². The molecule has 0 spiro atoms. The molecule has 0 bridgehead atoms. The number of nitrogens with zero attached hydrogens (tertiary/aromatic N) is 2. The molecule has 116 valence electrons. The van der Waals surface area contributed by atoms with Crippen molar-refractivity contribution < 1.29 is 18.1 Å². The second-order valence-corrected chi connectivity index (χ2v) is 5.99. The number of nitro benzene ring substituents is 1. The molecular formula is C12H17N3O5S. The molecule has 0 aliphatic carbocycles. The topological polar surface area (TPSA) is 110 Å². The lowest BCUT2D eigenvalue weighted by molar-refractivity contribution is -0.385. The minimum absolute atomic E-state index is 0.0918. The quantitative estimate of drug-likeness (QED) is 0.621. The number of hydrogen-bond donors (Lipinski definition) is 1. The van der Waals surface area contributed by atoms with Crippen molar-refractivity contribution in [1.29, 1.82) is 0 Å². The lowest BCUT2D eigenvalue weighted by Crippen LogP contribution is -2.30. The van der Waals surface area contributed by atoms with Gasteiger partial charge in [0.2, 0.25) is 10.0 Å². The Morgan fingerprint density at radius 1 is 1.38 bits per heavy atom. The van der Waals surface area contributed by atoms with Crippen molar-refractivity contribution in [3.8, 4) is 0 Å². The van der Waals surface area contributed by atoms with Gasteiger partial charge in [-0.1, -0.05) is 6.92 Å². The highest BCUT2D eigenvalue weighted by atomic mass is 32.2. The van der Waals surface area contributed by atoms with Crippen LogP contribution in [-0.4, -0.2) is 44.3 Å². The largest absolute Gasteiger partial charge is 0.342 e. The fraction of sp³-hybridized carbons (Fsp3) is 0.417. The van der Waals surface area contributed by atoms with E-state index in [2.05, 4.69) is 4.72 Å². The number of rotatable bonds is 6. The Hall–Kier alpha value is -2.00. The highest BCUT2D eigenvalue weighted by Gasteiger charge is 2.26. The number of carbonyl (C=O) groups excluding carboxylic acids is 1. The molecule has 1 aromatic carbocycles. The van der Waals surface area contributed by atoms with Gasteiger partial charge in [-0.3, -0.25) is 14.9 Å². The summed E-state index contributed by atoms with van der Waals surface area (Å²) in [4.78, 5) is 23.2. The molecule has 0 saturated carbocycles. The molecule has 0 aliphatic rings. The third-order valence-corrected chi connectivity index (χ3v) is 4.44. The maximum atomic E-state index is 12.2.